The van der Waals surface area contributed by atoms with Crippen LogP contribution in [0.2, 0.25) is 0 Å². The Bertz CT molecular complexity index is 1470. The summed E-state index contributed by atoms with van der Waals surface area (Å²) in [5.41, 5.74) is 7.79. The molecule has 0 radical (unpaired) electrons. The number of benzene rings is 3. The lowest BCUT2D eigenvalue weighted by Gasteiger charge is -2.10. The number of thioether (sulfide) groups is 1. The Balaban J connectivity index is 1.29. The lowest BCUT2D eigenvalue weighted by atomic mass is 10.1. The van der Waals surface area contributed by atoms with Crippen LogP contribution < -0.4 is 5.43 Å². The molecule has 174 valence electrons. The zero-order chi connectivity index (χ0) is 24.0. The maximum atomic E-state index is 12.5. The minimum Gasteiger partial charge on any atom is -0.360 e. The highest BCUT2D eigenvalue weighted by molar-refractivity contribution is 7.99. The van der Waals surface area contributed by atoms with Gasteiger partial charge in [0.1, 0.15) is 0 Å². The summed E-state index contributed by atoms with van der Waals surface area (Å²) in [6.07, 6.45) is 4.52. The van der Waals surface area contributed by atoms with Crippen molar-refractivity contribution >= 4 is 34.8 Å². The van der Waals surface area contributed by atoms with Crippen molar-refractivity contribution in [1.29, 1.82) is 0 Å². The van der Waals surface area contributed by atoms with Crippen LogP contribution in [-0.4, -0.2) is 37.6 Å². The van der Waals surface area contributed by atoms with Crippen LogP contribution in [0, 0.1) is 0 Å². The fraction of sp³-hybridized carbons (Fsp3) is 0.111. The van der Waals surface area contributed by atoms with E-state index in [1.54, 1.807) is 6.21 Å². The molecule has 0 saturated carbocycles. The van der Waals surface area contributed by atoms with E-state index in [2.05, 4.69) is 38.7 Å². The van der Waals surface area contributed by atoms with E-state index in [-0.39, 0.29) is 11.7 Å². The number of hydrazone groups is 1. The minimum absolute atomic E-state index is 0.158. The van der Waals surface area contributed by atoms with Crippen molar-refractivity contribution in [2.24, 2.45) is 5.10 Å². The quantitative estimate of drug-likeness (QED) is 0.181. The molecule has 2 aromatic heterocycles. The molecule has 0 atom stereocenters. The van der Waals surface area contributed by atoms with E-state index >= 15 is 0 Å². The predicted molar refractivity (Wildman–Crippen MR) is 141 cm³/mol. The standard InChI is InChI=1S/C27H24N6OS/c1-2-19-12-9-15-23-21(16-28-25(19)23)17-29-30-24(34)18-35-27-32-31-26(20-10-5-3-6-11-20)33(27)22-13-7-4-8-14-22/h3-17,28H,2,18H2,1H3,(H,30,34). The van der Waals surface area contributed by atoms with Crippen molar-refractivity contribution in [3.8, 4) is 17.1 Å². The molecule has 7 nitrogen and oxygen atoms in total. The number of carbonyl (C=O) groups is 1. The van der Waals surface area contributed by atoms with Crippen molar-refractivity contribution in [3.63, 3.8) is 0 Å². The first-order valence-electron chi connectivity index (χ1n) is 11.3. The van der Waals surface area contributed by atoms with E-state index < -0.39 is 0 Å². The Morgan fingerprint density at radius 2 is 1.80 bits per heavy atom. The van der Waals surface area contributed by atoms with Gasteiger partial charge in [-0.1, -0.05) is 85.4 Å². The normalized spacial score (nSPS) is 11.3. The number of hydrogen-bond donors (Lipinski definition) is 2. The monoisotopic (exact) mass is 480 g/mol. The van der Waals surface area contributed by atoms with Crippen molar-refractivity contribution in [3.05, 3.63) is 96.2 Å². The highest BCUT2D eigenvalue weighted by Crippen LogP contribution is 2.27. The van der Waals surface area contributed by atoms with E-state index in [1.807, 2.05) is 83.6 Å². The van der Waals surface area contributed by atoms with Crippen LogP contribution >= 0.6 is 11.8 Å². The Kier molecular flexibility index (Phi) is 6.72. The molecule has 0 aliphatic heterocycles. The largest absolute Gasteiger partial charge is 0.360 e. The summed E-state index contributed by atoms with van der Waals surface area (Å²) in [4.78, 5) is 15.8. The second-order valence-electron chi connectivity index (χ2n) is 7.86. The summed E-state index contributed by atoms with van der Waals surface area (Å²) >= 11 is 1.32. The molecule has 2 N–H and O–H groups in total. The zero-order valence-corrected chi connectivity index (χ0v) is 20.0. The van der Waals surface area contributed by atoms with Crippen LogP contribution in [0.1, 0.15) is 18.1 Å². The molecule has 0 aliphatic carbocycles. The minimum atomic E-state index is -0.218. The number of rotatable bonds is 8. The molecule has 8 heteroatoms. The number of hydrogen-bond acceptors (Lipinski definition) is 5. The van der Waals surface area contributed by atoms with Gasteiger partial charge in [0, 0.05) is 33.9 Å². The SMILES string of the molecule is CCc1cccc2c(C=NNC(=O)CSc3nnc(-c4ccccc4)n3-c3ccccc3)c[nH]c12. The maximum absolute atomic E-state index is 12.5. The van der Waals surface area contributed by atoms with Gasteiger partial charge in [0.05, 0.1) is 12.0 Å². The van der Waals surface area contributed by atoms with Gasteiger partial charge in [0.15, 0.2) is 11.0 Å². The number of nitrogens with zero attached hydrogens (tertiary/aromatic N) is 4. The highest BCUT2D eigenvalue weighted by atomic mass is 32.2. The Hall–Kier alpha value is -4.17. The summed E-state index contributed by atoms with van der Waals surface area (Å²) in [6, 6.07) is 26.0. The molecule has 0 aliphatic rings. The summed E-state index contributed by atoms with van der Waals surface area (Å²) in [6.45, 7) is 2.13. The van der Waals surface area contributed by atoms with E-state index in [0.717, 1.165) is 40.0 Å². The van der Waals surface area contributed by atoms with Gasteiger partial charge >= 0.3 is 0 Å². The van der Waals surface area contributed by atoms with Crippen molar-refractivity contribution in [1.82, 2.24) is 25.2 Å². The lowest BCUT2D eigenvalue weighted by molar-refractivity contribution is -0.118. The summed E-state index contributed by atoms with van der Waals surface area (Å²) in [5.74, 6) is 0.665. The molecule has 0 spiro atoms. The van der Waals surface area contributed by atoms with Crippen molar-refractivity contribution in [2.45, 2.75) is 18.5 Å². The smallest absolute Gasteiger partial charge is 0.250 e. The topological polar surface area (TPSA) is 88.0 Å². The molecule has 35 heavy (non-hydrogen) atoms. The first-order valence-corrected chi connectivity index (χ1v) is 12.3. The van der Waals surface area contributed by atoms with Crippen molar-refractivity contribution < 1.29 is 4.79 Å². The second kappa shape index (κ2) is 10.4. The number of H-pyrrole nitrogens is 1. The fourth-order valence-electron chi connectivity index (χ4n) is 3.92. The molecular formula is C27H24N6OS. The Morgan fingerprint density at radius 1 is 1.03 bits per heavy atom. The maximum Gasteiger partial charge on any atom is 0.250 e. The average molecular weight is 481 g/mol. The van der Waals surface area contributed by atoms with Crippen LogP contribution in [0.25, 0.3) is 28.0 Å². The van der Waals surface area contributed by atoms with Gasteiger partial charge in [-0.25, -0.2) is 5.43 Å². The van der Waals surface area contributed by atoms with Gasteiger partial charge in [0.25, 0.3) is 5.91 Å². The van der Waals surface area contributed by atoms with Crippen LogP contribution in [0.15, 0.2) is 95.3 Å². The molecule has 0 saturated heterocycles. The van der Waals surface area contributed by atoms with Gasteiger partial charge < -0.3 is 4.98 Å². The van der Waals surface area contributed by atoms with Gasteiger partial charge in [-0.2, -0.15) is 5.10 Å². The molecule has 0 fully saturated rings. The molecular weight excluding hydrogens is 456 g/mol. The third kappa shape index (κ3) is 4.88. The van der Waals surface area contributed by atoms with E-state index in [9.17, 15) is 4.79 Å². The van der Waals surface area contributed by atoms with Crippen molar-refractivity contribution in [2.75, 3.05) is 5.75 Å². The summed E-state index contributed by atoms with van der Waals surface area (Å²) in [7, 11) is 0. The number of aryl methyl sites for hydroxylation is 1. The van der Waals surface area contributed by atoms with Gasteiger partial charge in [-0.15, -0.1) is 10.2 Å². The molecule has 5 rings (SSSR count). The third-order valence-electron chi connectivity index (χ3n) is 5.62. The second-order valence-corrected chi connectivity index (χ2v) is 8.80. The van der Waals surface area contributed by atoms with Crippen LogP contribution in [0.4, 0.5) is 0 Å². The van der Waals surface area contributed by atoms with Crippen LogP contribution in [-0.2, 0) is 11.2 Å². The fourth-order valence-corrected chi connectivity index (χ4v) is 4.67. The Labute approximate surface area is 207 Å². The number of nitrogens with one attached hydrogen (secondary N) is 2. The van der Waals surface area contributed by atoms with E-state index in [4.69, 9.17) is 0 Å². The van der Waals surface area contributed by atoms with Gasteiger partial charge in [-0.3, -0.25) is 9.36 Å². The highest BCUT2D eigenvalue weighted by Gasteiger charge is 2.17. The predicted octanol–water partition coefficient (Wildman–Crippen LogP) is 5.22. The molecule has 0 bridgehead atoms. The number of aromatic amines is 1. The summed E-state index contributed by atoms with van der Waals surface area (Å²) in [5, 5.41) is 14.7. The number of amides is 1. The molecule has 1 amide bonds. The third-order valence-corrected chi connectivity index (χ3v) is 6.55. The molecule has 2 heterocycles. The first kappa shape index (κ1) is 22.6. The number of aromatic nitrogens is 4. The summed E-state index contributed by atoms with van der Waals surface area (Å²) < 4.78 is 1.97. The van der Waals surface area contributed by atoms with Gasteiger partial charge in [-0.05, 0) is 24.1 Å². The average Bonchev–Trinajstić information content (AvgIpc) is 3.53. The molecule has 5 aromatic rings. The number of carbonyl (C=O) groups excluding carboxylic acids is 1. The lowest BCUT2D eigenvalue weighted by Crippen LogP contribution is -2.20. The number of para-hydroxylation sites is 2. The van der Waals surface area contributed by atoms with E-state index in [1.165, 1.54) is 17.3 Å². The van der Waals surface area contributed by atoms with Crippen LogP contribution in [0.3, 0.4) is 0 Å². The van der Waals surface area contributed by atoms with E-state index in [0.29, 0.717) is 5.16 Å². The Morgan fingerprint density at radius 3 is 2.57 bits per heavy atom. The number of fused-ring (bicyclic) bond motifs is 1. The molecule has 0 unspecified atom stereocenters. The first-order chi connectivity index (χ1) is 17.2. The van der Waals surface area contributed by atoms with Gasteiger partial charge in [0.2, 0.25) is 0 Å². The molecule has 3 aromatic carbocycles. The zero-order valence-electron chi connectivity index (χ0n) is 19.2. The van der Waals surface area contributed by atoms with Crippen LogP contribution in [0.5, 0.6) is 0 Å².